The zero-order valence-electron chi connectivity index (χ0n) is 21.0. The molecule has 0 saturated carbocycles. The number of likely N-dealkylation sites (N-methyl/N-ethyl adjacent to an activating group) is 1. The predicted octanol–water partition coefficient (Wildman–Crippen LogP) is 5.88. The first-order valence-corrected chi connectivity index (χ1v) is 12.2. The third-order valence-corrected chi connectivity index (χ3v) is 6.70. The molecule has 40 heavy (non-hydrogen) atoms. The summed E-state index contributed by atoms with van der Waals surface area (Å²) in [6.07, 6.45) is -4.67. The van der Waals surface area contributed by atoms with E-state index in [0.29, 0.717) is 28.7 Å². The van der Waals surface area contributed by atoms with Gasteiger partial charge in [-0.2, -0.15) is 13.2 Å². The van der Waals surface area contributed by atoms with E-state index >= 15 is 0 Å². The maximum absolute atomic E-state index is 14.0. The van der Waals surface area contributed by atoms with Crippen molar-refractivity contribution in [3.8, 4) is 5.69 Å². The number of alkyl halides is 3. The number of rotatable bonds is 5. The van der Waals surface area contributed by atoms with Crippen molar-refractivity contribution in [3.63, 3.8) is 0 Å². The number of hydrogen-bond donors (Lipinski definition) is 1. The number of benzene rings is 3. The van der Waals surface area contributed by atoms with Gasteiger partial charge in [0.1, 0.15) is 11.9 Å². The molecule has 1 aliphatic rings. The van der Waals surface area contributed by atoms with Crippen LogP contribution in [-0.4, -0.2) is 34.2 Å². The van der Waals surface area contributed by atoms with Crippen molar-refractivity contribution in [3.05, 3.63) is 118 Å². The van der Waals surface area contributed by atoms with Crippen molar-refractivity contribution >= 4 is 23.5 Å². The van der Waals surface area contributed by atoms with Gasteiger partial charge >= 0.3 is 12.0 Å². The Kier molecular flexibility index (Phi) is 6.85. The number of halogens is 4. The highest BCUT2D eigenvalue weighted by atomic mass is 19.4. The van der Waals surface area contributed by atoms with Gasteiger partial charge in [0, 0.05) is 23.6 Å². The number of anilines is 1. The van der Waals surface area contributed by atoms with E-state index in [1.165, 1.54) is 39.9 Å². The lowest BCUT2D eigenvalue weighted by Crippen LogP contribution is -2.55. The molecular weight excluding hydrogens is 526 g/mol. The summed E-state index contributed by atoms with van der Waals surface area (Å²) < 4.78 is 55.2. The van der Waals surface area contributed by atoms with E-state index in [-0.39, 0.29) is 17.9 Å². The number of fused-ring (bicyclic) bond motifs is 1. The minimum absolute atomic E-state index is 0.0301. The molecule has 2 heterocycles. The number of para-hydroxylation sites is 1. The fourth-order valence-electron chi connectivity index (χ4n) is 4.90. The summed E-state index contributed by atoms with van der Waals surface area (Å²) in [5.74, 6) is -2.69. The third kappa shape index (κ3) is 4.68. The van der Waals surface area contributed by atoms with Crippen LogP contribution >= 0.6 is 0 Å². The fraction of sp³-hybridized carbons (Fsp3) is 0.172. The zero-order valence-corrected chi connectivity index (χ0v) is 21.0. The largest absolute Gasteiger partial charge is 0.416 e. The van der Waals surface area contributed by atoms with Gasteiger partial charge in [0.15, 0.2) is 5.82 Å². The Balaban J connectivity index is 1.68. The average Bonchev–Trinajstić information content (AvgIpc) is 3.33. The maximum Gasteiger partial charge on any atom is 0.416 e. The van der Waals surface area contributed by atoms with Crippen molar-refractivity contribution in [2.24, 2.45) is 0 Å². The summed E-state index contributed by atoms with van der Waals surface area (Å²) in [4.78, 5) is 32.2. The van der Waals surface area contributed by atoms with Crippen molar-refractivity contribution in [2.75, 3.05) is 11.4 Å². The lowest BCUT2D eigenvalue weighted by Gasteiger charge is -2.38. The van der Waals surface area contributed by atoms with Crippen molar-refractivity contribution < 1.29 is 27.2 Å². The van der Waals surface area contributed by atoms with Gasteiger partial charge in [-0.05, 0) is 60.1 Å². The van der Waals surface area contributed by atoms with E-state index in [1.54, 1.807) is 37.3 Å². The third-order valence-electron chi connectivity index (χ3n) is 6.70. The van der Waals surface area contributed by atoms with Crippen molar-refractivity contribution in [2.45, 2.75) is 25.1 Å². The molecule has 0 fully saturated rings. The Labute approximate surface area is 226 Å². The van der Waals surface area contributed by atoms with Gasteiger partial charge in [0.25, 0.3) is 11.8 Å². The summed E-state index contributed by atoms with van der Waals surface area (Å²) in [6, 6.07) is 16.7. The second-order valence-corrected chi connectivity index (χ2v) is 9.06. The molecule has 0 spiro atoms. The molecule has 2 amide bonds. The molecule has 0 saturated heterocycles. The SMILES string of the molecule is [C-]#[N+]c1nn(-c2ccccc2)c2c1[C@H](c1ccc(F)cc1)[C@H](NC(=O)c1cccc(C(F)(F)F)c1)C(=O)N2CC. The predicted molar refractivity (Wildman–Crippen MR) is 139 cm³/mol. The lowest BCUT2D eigenvalue weighted by molar-refractivity contribution is -0.137. The second-order valence-electron chi connectivity index (χ2n) is 9.06. The second kappa shape index (κ2) is 10.3. The highest BCUT2D eigenvalue weighted by molar-refractivity contribution is 6.06. The molecule has 1 N–H and O–H groups in total. The topological polar surface area (TPSA) is 71.6 Å². The number of hydrogen-bond acceptors (Lipinski definition) is 3. The molecule has 0 aliphatic carbocycles. The first-order chi connectivity index (χ1) is 19.1. The molecule has 2 atom stereocenters. The molecule has 11 heteroatoms. The van der Waals surface area contributed by atoms with Gasteiger partial charge in [0.05, 0.1) is 11.3 Å². The smallest absolute Gasteiger partial charge is 0.359 e. The highest BCUT2D eigenvalue weighted by Crippen LogP contribution is 2.46. The van der Waals surface area contributed by atoms with Crippen LogP contribution < -0.4 is 10.2 Å². The number of aromatic nitrogens is 2. The van der Waals surface area contributed by atoms with E-state index in [1.807, 2.05) is 0 Å². The Bertz CT molecular complexity index is 1630. The summed E-state index contributed by atoms with van der Waals surface area (Å²) in [5, 5.41) is 7.07. The van der Waals surface area contributed by atoms with Crippen LogP contribution in [0.15, 0.2) is 78.9 Å². The Morgan fingerprint density at radius 2 is 1.75 bits per heavy atom. The van der Waals surface area contributed by atoms with Crippen molar-refractivity contribution in [1.29, 1.82) is 0 Å². The molecule has 1 aromatic heterocycles. The molecule has 5 rings (SSSR count). The number of amides is 2. The molecule has 0 unspecified atom stereocenters. The lowest BCUT2D eigenvalue weighted by atomic mass is 9.81. The number of carbonyl (C=O) groups excluding carboxylic acids is 2. The monoisotopic (exact) mass is 547 g/mol. The summed E-state index contributed by atoms with van der Waals surface area (Å²) in [5.41, 5.74) is 0.0332. The van der Waals surface area contributed by atoms with Crippen molar-refractivity contribution in [1.82, 2.24) is 15.1 Å². The van der Waals surface area contributed by atoms with E-state index < -0.39 is 41.3 Å². The van der Waals surface area contributed by atoms with Gasteiger partial charge < -0.3 is 10.2 Å². The van der Waals surface area contributed by atoms with Gasteiger partial charge in [-0.1, -0.05) is 43.0 Å². The molecule has 0 bridgehead atoms. The average molecular weight is 548 g/mol. The maximum atomic E-state index is 14.0. The van der Waals surface area contributed by atoms with E-state index in [0.717, 1.165) is 12.1 Å². The molecule has 0 radical (unpaired) electrons. The first-order valence-electron chi connectivity index (χ1n) is 12.2. The van der Waals surface area contributed by atoms with Gasteiger partial charge in [0.2, 0.25) is 0 Å². The van der Waals surface area contributed by atoms with Gasteiger partial charge in [-0.3, -0.25) is 14.5 Å². The Hall–Kier alpha value is -4.98. The van der Waals surface area contributed by atoms with E-state index in [2.05, 4.69) is 15.3 Å². The van der Waals surface area contributed by atoms with Crippen LogP contribution in [0.4, 0.5) is 29.2 Å². The van der Waals surface area contributed by atoms with Crippen LogP contribution in [0.2, 0.25) is 0 Å². The molecular formula is C29H21F4N5O2. The molecule has 7 nitrogen and oxygen atoms in total. The normalized spacial score (nSPS) is 16.8. The summed E-state index contributed by atoms with van der Waals surface area (Å²) >= 11 is 0. The minimum Gasteiger partial charge on any atom is -0.359 e. The fourth-order valence-corrected chi connectivity index (χ4v) is 4.90. The van der Waals surface area contributed by atoms with E-state index in [9.17, 15) is 27.2 Å². The molecule has 3 aromatic carbocycles. The Morgan fingerprint density at radius 1 is 1.05 bits per heavy atom. The van der Waals surface area contributed by atoms with Crippen LogP contribution in [0.5, 0.6) is 0 Å². The number of nitrogens with one attached hydrogen (secondary N) is 1. The number of carbonyl (C=O) groups is 2. The van der Waals surface area contributed by atoms with E-state index in [4.69, 9.17) is 6.57 Å². The van der Waals surface area contributed by atoms with Gasteiger partial charge in [-0.25, -0.2) is 4.39 Å². The van der Waals surface area contributed by atoms with Crippen LogP contribution in [0.25, 0.3) is 10.5 Å². The van der Waals surface area contributed by atoms with Crippen LogP contribution in [-0.2, 0) is 11.0 Å². The minimum atomic E-state index is -4.67. The zero-order chi connectivity index (χ0) is 28.6. The highest BCUT2D eigenvalue weighted by Gasteiger charge is 2.47. The van der Waals surface area contributed by atoms with Crippen LogP contribution in [0.3, 0.4) is 0 Å². The van der Waals surface area contributed by atoms with Crippen LogP contribution in [0, 0.1) is 12.4 Å². The first kappa shape index (κ1) is 26.6. The summed E-state index contributed by atoms with van der Waals surface area (Å²) in [7, 11) is 0. The summed E-state index contributed by atoms with van der Waals surface area (Å²) in [6.45, 7) is 9.70. The molecule has 4 aromatic rings. The molecule has 202 valence electrons. The standard InChI is InChI=1S/C29H21F4N5O2/c1-3-37-27-23(25(34-2)36-38(27)21-10-5-4-6-11-21)22(17-12-14-20(30)15-13-17)24(28(37)40)35-26(39)18-8-7-9-19(16-18)29(31,32)33/h4-16,22,24H,3H2,1H3,(H,35,39)/t22-,24-/m0/s1. The molecule has 1 aliphatic heterocycles. The van der Waals surface area contributed by atoms with Gasteiger partial charge in [-0.15, -0.1) is 4.68 Å². The number of nitrogens with zero attached hydrogens (tertiary/aromatic N) is 4. The quantitative estimate of drug-likeness (QED) is 0.251. The Morgan fingerprint density at radius 3 is 2.38 bits per heavy atom. The van der Waals surface area contributed by atoms with Crippen LogP contribution in [0.1, 0.15) is 39.9 Å².